The predicted molar refractivity (Wildman–Crippen MR) is 78.1 cm³/mol. The zero-order valence-electron chi connectivity index (χ0n) is 12.7. The number of nitrogens with zero attached hydrogens (tertiary/aromatic N) is 1. The molecule has 120 valence electrons. The van der Waals surface area contributed by atoms with E-state index >= 15 is 0 Å². The maximum absolute atomic E-state index is 11.6. The van der Waals surface area contributed by atoms with Gasteiger partial charge >= 0.3 is 11.9 Å². The van der Waals surface area contributed by atoms with E-state index in [0.29, 0.717) is 24.2 Å². The van der Waals surface area contributed by atoms with Gasteiger partial charge in [-0.1, -0.05) is 12.1 Å². The van der Waals surface area contributed by atoms with Crippen molar-refractivity contribution >= 4 is 17.6 Å². The molecule has 1 rings (SSSR count). The second-order valence-electron chi connectivity index (χ2n) is 4.66. The van der Waals surface area contributed by atoms with Crippen LogP contribution in [0.2, 0.25) is 0 Å². The van der Waals surface area contributed by atoms with Crippen molar-refractivity contribution < 1.29 is 24.0 Å². The van der Waals surface area contributed by atoms with Crippen molar-refractivity contribution in [2.75, 3.05) is 6.61 Å². The average molecular weight is 309 g/mol. The first-order chi connectivity index (χ1) is 10.5. The van der Waals surface area contributed by atoms with Gasteiger partial charge in [0.05, 0.1) is 17.1 Å². The summed E-state index contributed by atoms with van der Waals surface area (Å²) in [5, 5.41) is 11.0. The molecule has 0 N–H and O–H groups in total. The van der Waals surface area contributed by atoms with Crippen LogP contribution in [0.25, 0.3) is 0 Å². The van der Waals surface area contributed by atoms with E-state index in [4.69, 9.17) is 9.47 Å². The lowest BCUT2D eigenvalue weighted by Gasteiger charge is -2.07. The molecule has 0 atom stereocenters. The topological polar surface area (TPSA) is 95.7 Å². The molecule has 0 aliphatic rings. The van der Waals surface area contributed by atoms with E-state index in [1.807, 2.05) is 0 Å². The fourth-order valence-corrected chi connectivity index (χ4v) is 1.94. The van der Waals surface area contributed by atoms with Crippen LogP contribution in [-0.2, 0) is 25.7 Å². The van der Waals surface area contributed by atoms with Crippen LogP contribution in [0.1, 0.15) is 37.3 Å². The van der Waals surface area contributed by atoms with Crippen molar-refractivity contribution in [3.05, 3.63) is 39.4 Å². The normalized spacial score (nSPS) is 10.1. The molecule has 0 saturated heterocycles. The zero-order chi connectivity index (χ0) is 16.5. The van der Waals surface area contributed by atoms with E-state index in [0.717, 1.165) is 0 Å². The molecule has 1 aromatic carbocycles. The highest BCUT2D eigenvalue weighted by molar-refractivity contribution is 5.72. The van der Waals surface area contributed by atoms with Gasteiger partial charge in [-0.15, -0.1) is 0 Å². The van der Waals surface area contributed by atoms with E-state index < -0.39 is 10.9 Å². The molecule has 0 saturated carbocycles. The second kappa shape index (κ2) is 8.76. The van der Waals surface area contributed by atoms with E-state index in [1.165, 1.54) is 0 Å². The molecule has 7 heteroatoms. The number of carbonyl (C=O) groups excluding carboxylic acids is 2. The van der Waals surface area contributed by atoms with Gasteiger partial charge in [0.2, 0.25) is 0 Å². The van der Waals surface area contributed by atoms with Crippen LogP contribution in [-0.4, -0.2) is 23.5 Å². The maximum atomic E-state index is 11.6. The van der Waals surface area contributed by atoms with Crippen molar-refractivity contribution in [3.63, 3.8) is 0 Å². The summed E-state index contributed by atoms with van der Waals surface area (Å²) >= 11 is 0. The smallest absolute Gasteiger partial charge is 0.306 e. The monoisotopic (exact) mass is 309 g/mol. The number of aryl methyl sites for hydroxylation is 1. The van der Waals surface area contributed by atoms with Gasteiger partial charge in [-0.2, -0.15) is 0 Å². The first kappa shape index (κ1) is 17.6. The number of benzene rings is 1. The zero-order valence-corrected chi connectivity index (χ0v) is 12.7. The van der Waals surface area contributed by atoms with Crippen molar-refractivity contribution in [2.45, 2.75) is 39.7 Å². The number of para-hydroxylation sites is 1. The summed E-state index contributed by atoms with van der Waals surface area (Å²) in [4.78, 5) is 33.2. The number of nitro groups is 1. The number of hydrogen-bond acceptors (Lipinski definition) is 6. The average Bonchev–Trinajstić information content (AvgIpc) is 2.45. The second-order valence-corrected chi connectivity index (χ2v) is 4.66. The van der Waals surface area contributed by atoms with Gasteiger partial charge in [-0.25, -0.2) is 0 Å². The first-order valence-corrected chi connectivity index (χ1v) is 6.99. The van der Waals surface area contributed by atoms with Crippen molar-refractivity contribution in [3.8, 4) is 0 Å². The number of esters is 2. The van der Waals surface area contributed by atoms with Gasteiger partial charge in [0.25, 0.3) is 5.69 Å². The third kappa shape index (κ3) is 5.51. The molecule has 0 heterocycles. The summed E-state index contributed by atoms with van der Waals surface area (Å²) in [7, 11) is 0. The molecular weight excluding hydrogens is 290 g/mol. The Morgan fingerprint density at radius 1 is 1.18 bits per heavy atom. The molecular formula is C15H19NO6. The molecule has 0 aliphatic carbocycles. The maximum Gasteiger partial charge on any atom is 0.306 e. The summed E-state index contributed by atoms with van der Waals surface area (Å²) < 4.78 is 9.76. The summed E-state index contributed by atoms with van der Waals surface area (Å²) in [5.41, 5.74) is 0.825. The Kier molecular flexibility index (Phi) is 7.01. The Hall–Kier alpha value is -2.44. The standard InChI is InChI=1S/C15H19NO6/c1-3-21-13(17)8-5-9-14(18)22-10-12-7-4-6-11(2)15(12)16(19)20/h4,6-7H,3,5,8-10H2,1-2H3. The molecule has 7 nitrogen and oxygen atoms in total. The van der Waals surface area contributed by atoms with Crippen LogP contribution in [0, 0.1) is 17.0 Å². The molecule has 0 unspecified atom stereocenters. The largest absolute Gasteiger partial charge is 0.466 e. The van der Waals surface area contributed by atoms with Gasteiger partial charge in [-0.05, 0) is 26.3 Å². The molecule has 0 amide bonds. The van der Waals surface area contributed by atoms with Crippen molar-refractivity contribution in [2.24, 2.45) is 0 Å². The SMILES string of the molecule is CCOC(=O)CCCC(=O)OCc1cccc(C)c1[N+](=O)[O-]. The number of nitro benzene ring substituents is 1. The summed E-state index contributed by atoms with van der Waals surface area (Å²) in [5.74, 6) is -0.857. The Balaban J connectivity index is 2.46. The van der Waals surface area contributed by atoms with Crippen LogP contribution >= 0.6 is 0 Å². The molecule has 22 heavy (non-hydrogen) atoms. The fraction of sp³-hybridized carbons (Fsp3) is 0.467. The number of ether oxygens (including phenoxy) is 2. The first-order valence-electron chi connectivity index (χ1n) is 6.99. The Morgan fingerprint density at radius 2 is 1.82 bits per heavy atom. The van der Waals surface area contributed by atoms with Crippen LogP contribution in [0.3, 0.4) is 0 Å². The van der Waals surface area contributed by atoms with Gasteiger partial charge in [0.15, 0.2) is 0 Å². The van der Waals surface area contributed by atoms with Gasteiger partial charge < -0.3 is 9.47 Å². The van der Waals surface area contributed by atoms with E-state index in [1.54, 1.807) is 32.0 Å². The third-order valence-electron chi connectivity index (χ3n) is 2.96. The van der Waals surface area contributed by atoms with E-state index in [-0.39, 0.29) is 31.1 Å². The van der Waals surface area contributed by atoms with Crippen LogP contribution in [0.15, 0.2) is 18.2 Å². The molecule has 0 spiro atoms. The van der Waals surface area contributed by atoms with Crippen LogP contribution in [0.4, 0.5) is 5.69 Å². The van der Waals surface area contributed by atoms with Crippen LogP contribution in [0.5, 0.6) is 0 Å². The highest BCUT2D eigenvalue weighted by Crippen LogP contribution is 2.23. The summed E-state index contributed by atoms with van der Waals surface area (Å²) in [6.07, 6.45) is 0.541. The number of hydrogen-bond donors (Lipinski definition) is 0. The molecule has 0 aliphatic heterocycles. The lowest BCUT2D eigenvalue weighted by molar-refractivity contribution is -0.386. The molecule has 0 bridgehead atoms. The summed E-state index contributed by atoms with van der Waals surface area (Å²) in [6.45, 7) is 3.49. The quantitative estimate of drug-likeness (QED) is 0.416. The Labute approximate surface area is 128 Å². The Bertz CT molecular complexity index is 555. The van der Waals surface area contributed by atoms with E-state index in [9.17, 15) is 19.7 Å². The lowest BCUT2D eigenvalue weighted by atomic mass is 10.1. The fourth-order valence-electron chi connectivity index (χ4n) is 1.94. The van der Waals surface area contributed by atoms with Crippen molar-refractivity contribution in [1.82, 2.24) is 0 Å². The minimum Gasteiger partial charge on any atom is -0.466 e. The summed E-state index contributed by atoms with van der Waals surface area (Å²) in [6, 6.07) is 4.85. The number of carbonyl (C=O) groups is 2. The molecule has 1 aromatic rings. The highest BCUT2D eigenvalue weighted by atomic mass is 16.6. The minimum atomic E-state index is -0.500. The third-order valence-corrected chi connectivity index (χ3v) is 2.96. The van der Waals surface area contributed by atoms with Gasteiger partial charge in [0.1, 0.15) is 6.61 Å². The molecule has 0 radical (unpaired) electrons. The molecule has 0 aromatic heterocycles. The van der Waals surface area contributed by atoms with E-state index in [2.05, 4.69) is 0 Å². The Morgan fingerprint density at radius 3 is 2.41 bits per heavy atom. The molecule has 0 fully saturated rings. The van der Waals surface area contributed by atoms with Gasteiger partial charge in [-0.3, -0.25) is 19.7 Å². The number of rotatable bonds is 8. The van der Waals surface area contributed by atoms with Crippen LogP contribution < -0.4 is 0 Å². The lowest BCUT2D eigenvalue weighted by Crippen LogP contribution is -2.09. The van der Waals surface area contributed by atoms with Gasteiger partial charge in [0, 0.05) is 18.4 Å². The predicted octanol–water partition coefficient (Wildman–Crippen LogP) is 2.68. The minimum absolute atomic E-state index is 0.0400. The highest BCUT2D eigenvalue weighted by Gasteiger charge is 2.18. The van der Waals surface area contributed by atoms with Crippen molar-refractivity contribution in [1.29, 1.82) is 0 Å².